The minimum Gasteiger partial charge on any atom is -0.352 e. The molecule has 3 amide bonds. The van der Waals surface area contributed by atoms with Crippen LogP contribution in [0.1, 0.15) is 53.1 Å². The van der Waals surface area contributed by atoms with Crippen LogP contribution < -0.4 is 10.6 Å². The van der Waals surface area contributed by atoms with Crippen molar-refractivity contribution in [1.82, 2.24) is 15.5 Å². The van der Waals surface area contributed by atoms with Crippen LogP contribution in [0.2, 0.25) is 5.02 Å². The summed E-state index contributed by atoms with van der Waals surface area (Å²) in [5, 5.41) is 8.13. The number of benzene rings is 1. The Kier molecular flexibility index (Phi) is 8.09. The molecule has 2 aromatic rings. The summed E-state index contributed by atoms with van der Waals surface area (Å²) in [6, 6.07) is 9.80. The van der Waals surface area contributed by atoms with E-state index in [-0.39, 0.29) is 29.7 Å². The maximum Gasteiger partial charge on any atom is 0.263 e. The predicted molar refractivity (Wildman–Crippen MR) is 124 cm³/mol. The monoisotopic (exact) mass is 461 g/mol. The van der Waals surface area contributed by atoms with Gasteiger partial charge in [0.05, 0.1) is 15.5 Å². The lowest BCUT2D eigenvalue weighted by Gasteiger charge is -2.36. The molecule has 2 atom stereocenters. The SMILES string of the molecule is CC[C@@H](C)NC(=O)[C@H](NC(=O)c1ccccc1Cl)C1CCN(C(=O)c2cccs2)CC1. The third-order valence-corrected chi connectivity index (χ3v) is 6.91. The van der Waals surface area contributed by atoms with Crippen molar-refractivity contribution in [1.29, 1.82) is 0 Å². The van der Waals surface area contributed by atoms with E-state index in [9.17, 15) is 14.4 Å². The van der Waals surface area contributed by atoms with Gasteiger partial charge in [-0.15, -0.1) is 11.3 Å². The molecule has 31 heavy (non-hydrogen) atoms. The topological polar surface area (TPSA) is 78.5 Å². The molecule has 1 fully saturated rings. The normalized spacial score (nSPS) is 16.4. The Balaban J connectivity index is 1.71. The van der Waals surface area contributed by atoms with Crippen LogP contribution in [0.5, 0.6) is 0 Å². The van der Waals surface area contributed by atoms with E-state index in [2.05, 4.69) is 10.6 Å². The second-order valence-corrected chi connectivity index (χ2v) is 9.21. The van der Waals surface area contributed by atoms with E-state index >= 15 is 0 Å². The number of hydrogen-bond donors (Lipinski definition) is 2. The minimum absolute atomic E-state index is 0.00714. The van der Waals surface area contributed by atoms with Crippen LogP contribution in [0, 0.1) is 5.92 Å². The summed E-state index contributed by atoms with van der Waals surface area (Å²) in [6.07, 6.45) is 2.07. The predicted octanol–water partition coefficient (Wildman–Crippen LogP) is 3.97. The van der Waals surface area contributed by atoms with Gasteiger partial charge >= 0.3 is 0 Å². The number of halogens is 1. The van der Waals surface area contributed by atoms with Crippen molar-refractivity contribution in [2.45, 2.75) is 45.2 Å². The Morgan fingerprint density at radius 1 is 1.13 bits per heavy atom. The quantitative estimate of drug-likeness (QED) is 0.654. The van der Waals surface area contributed by atoms with Crippen molar-refractivity contribution in [2.24, 2.45) is 5.92 Å². The lowest BCUT2D eigenvalue weighted by Crippen LogP contribution is -2.55. The van der Waals surface area contributed by atoms with Gasteiger partial charge in [0, 0.05) is 19.1 Å². The highest BCUT2D eigenvalue weighted by atomic mass is 35.5. The number of amides is 3. The maximum atomic E-state index is 13.0. The Bertz CT molecular complexity index is 911. The zero-order chi connectivity index (χ0) is 22.4. The lowest BCUT2D eigenvalue weighted by atomic mass is 9.88. The van der Waals surface area contributed by atoms with Gasteiger partial charge in [-0.05, 0) is 55.7 Å². The van der Waals surface area contributed by atoms with Gasteiger partial charge in [-0.25, -0.2) is 0 Å². The maximum absolute atomic E-state index is 13.0. The number of carbonyl (C=O) groups is 3. The molecule has 1 aromatic heterocycles. The molecule has 0 radical (unpaired) electrons. The largest absolute Gasteiger partial charge is 0.352 e. The average Bonchev–Trinajstić information content (AvgIpc) is 3.32. The summed E-state index contributed by atoms with van der Waals surface area (Å²) in [5.74, 6) is -0.609. The average molecular weight is 462 g/mol. The first kappa shape index (κ1) is 23.3. The highest BCUT2D eigenvalue weighted by molar-refractivity contribution is 7.12. The Hall–Kier alpha value is -2.38. The van der Waals surface area contributed by atoms with Crippen molar-refractivity contribution in [3.05, 3.63) is 57.2 Å². The second kappa shape index (κ2) is 10.8. The number of hydrogen-bond acceptors (Lipinski definition) is 4. The molecule has 2 N–H and O–H groups in total. The molecule has 0 bridgehead atoms. The molecule has 1 aliphatic heterocycles. The van der Waals surface area contributed by atoms with E-state index in [1.807, 2.05) is 36.3 Å². The van der Waals surface area contributed by atoms with Crippen LogP contribution in [-0.4, -0.2) is 47.8 Å². The highest BCUT2D eigenvalue weighted by Gasteiger charge is 2.35. The summed E-state index contributed by atoms with van der Waals surface area (Å²) < 4.78 is 0. The van der Waals surface area contributed by atoms with Gasteiger partial charge in [0.15, 0.2) is 0 Å². The van der Waals surface area contributed by atoms with Crippen molar-refractivity contribution in [3.63, 3.8) is 0 Å². The second-order valence-electron chi connectivity index (χ2n) is 7.86. The fourth-order valence-corrected chi connectivity index (χ4v) is 4.60. The van der Waals surface area contributed by atoms with Gasteiger partial charge in [0.25, 0.3) is 11.8 Å². The first-order chi connectivity index (χ1) is 14.9. The Morgan fingerprint density at radius 2 is 1.84 bits per heavy atom. The molecule has 0 saturated carbocycles. The van der Waals surface area contributed by atoms with Crippen LogP contribution in [0.25, 0.3) is 0 Å². The fourth-order valence-electron chi connectivity index (χ4n) is 3.69. The fraction of sp³-hybridized carbons (Fsp3) is 0.435. The summed E-state index contributed by atoms with van der Waals surface area (Å²) in [4.78, 5) is 41.1. The first-order valence-corrected chi connectivity index (χ1v) is 11.8. The molecular formula is C23H28ClN3O3S. The summed E-state index contributed by atoms with van der Waals surface area (Å²) >= 11 is 7.60. The third-order valence-electron chi connectivity index (χ3n) is 5.72. The molecule has 6 nitrogen and oxygen atoms in total. The van der Waals surface area contributed by atoms with Crippen molar-refractivity contribution in [2.75, 3.05) is 13.1 Å². The van der Waals surface area contributed by atoms with Gasteiger partial charge in [0.1, 0.15) is 6.04 Å². The summed E-state index contributed by atoms with van der Waals surface area (Å²) in [6.45, 7) is 5.04. The van der Waals surface area contributed by atoms with Crippen molar-refractivity contribution >= 4 is 40.7 Å². The molecule has 0 unspecified atom stereocenters. The zero-order valence-corrected chi connectivity index (χ0v) is 19.3. The van der Waals surface area contributed by atoms with Crippen LogP contribution in [0.4, 0.5) is 0 Å². The van der Waals surface area contributed by atoms with Gasteiger partial charge in [-0.3, -0.25) is 14.4 Å². The molecule has 1 aromatic carbocycles. The number of carbonyl (C=O) groups excluding carboxylic acids is 3. The molecule has 2 heterocycles. The number of likely N-dealkylation sites (tertiary alicyclic amines) is 1. The number of rotatable bonds is 7. The van der Waals surface area contributed by atoms with Crippen LogP contribution in [0.3, 0.4) is 0 Å². The van der Waals surface area contributed by atoms with Gasteiger partial charge in [-0.1, -0.05) is 36.7 Å². The molecule has 0 aliphatic carbocycles. The number of nitrogens with one attached hydrogen (secondary N) is 2. The highest BCUT2D eigenvalue weighted by Crippen LogP contribution is 2.24. The Morgan fingerprint density at radius 3 is 2.45 bits per heavy atom. The molecule has 1 aliphatic rings. The third kappa shape index (κ3) is 5.86. The van der Waals surface area contributed by atoms with Crippen LogP contribution >= 0.6 is 22.9 Å². The van der Waals surface area contributed by atoms with Crippen molar-refractivity contribution in [3.8, 4) is 0 Å². The molecule has 3 rings (SSSR count). The van der Waals surface area contributed by atoms with E-state index in [4.69, 9.17) is 11.6 Å². The molecular weight excluding hydrogens is 434 g/mol. The summed E-state index contributed by atoms with van der Waals surface area (Å²) in [7, 11) is 0. The van der Waals surface area contributed by atoms with E-state index in [1.54, 1.807) is 24.3 Å². The van der Waals surface area contributed by atoms with E-state index in [1.165, 1.54) is 11.3 Å². The molecule has 8 heteroatoms. The van der Waals surface area contributed by atoms with Crippen LogP contribution in [-0.2, 0) is 4.79 Å². The van der Waals surface area contributed by atoms with Gasteiger partial charge in [0.2, 0.25) is 5.91 Å². The smallest absolute Gasteiger partial charge is 0.263 e. The number of nitrogens with zero attached hydrogens (tertiary/aromatic N) is 1. The van der Waals surface area contributed by atoms with E-state index in [0.717, 1.165) is 11.3 Å². The van der Waals surface area contributed by atoms with E-state index < -0.39 is 6.04 Å². The lowest BCUT2D eigenvalue weighted by molar-refractivity contribution is -0.125. The van der Waals surface area contributed by atoms with Crippen molar-refractivity contribution < 1.29 is 14.4 Å². The van der Waals surface area contributed by atoms with Gasteiger partial charge < -0.3 is 15.5 Å². The first-order valence-electron chi connectivity index (χ1n) is 10.6. The van der Waals surface area contributed by atoms with Crippen LogP contribution in [0.15, 0.2) is 41.8 Å². The molecule has 0 spiro atoms. The van der Waals surface area contributed by atoms with E-state index in [0.29, 0.717) is 36.5 Å². The minimum atomic E-state index is -0.684. The number of piperidine rings is 1. The summed E-state index contributed by atoms with van der Waals surface area (Å²) in [5.41, 5.74) is 0.343. The standard InChI is InChI=1S/C23H28ClN3O3S/c1-3-15(2)25-22(29)20(26-21(28)17-7-4-5-8-18(17)24)16-10-12-27(13-11-16)23(30)19-9-6-14-31-19/h4-9,14-16,20H,3,10-13H2,1-2H3,(H,25,29)(H,26,28)/t15-,20-/m1/s1. The zero-order valence-electron chi connectivity index (χ0n) is 17.8. The number of thiophene rings is 1. The molecule has 166 valence electrons. The Labute approximate surface area is 192 Å². The van der Waals surface area contributed by atoms with Gasteiger partial charge in [-0.2, -0.15) is 0 Å². The molecule has 1 saturated heterocycles.